The zero-order chi connectivity index (χ0) is 13.4. The summed E-state index contributed by atoms with van der Waals surface area (Å²) in [5.41, 5.74) is 8.56. The van der Waals surface area contributed by atoms with E-state index < -0.39 is 0 Å². The highest BCUT2D eigenvalue weighted by molar-refractivity contribution is 6.31. The molecule has 0 aliphatic carbocycles. The Hall–Kier alpha value is -2.14. The van der Waals surface area contributed by atoms with Gasteiger partial charge in [0.05, 0.1) is 12.9 Å². The number of anilines is 1. The molecule has 3 rings (SSSR count). The Balaban J connectivity index is 2.07. The van der Waals surface area contributed by atoms with E-state index in [4.69, 9.17) is 17.3 Å². The van der Waals surface area contributed by atoms with Crippen LogP contribution in [0.5, 0.6) is 0 Å². The van der Waals surface area contributed by atoms with Gasteiger partial charge >= 0.3 is 0 Å². The van der Waals surface area contributed by atoms with E-state index in [-0.39, 0.29) is 0 Å². The molecule has 0 spiro atoms. The van der Waals surface area contributed by atoms with E-state index in [1.54, 1.807) is 6.33 Å². The molecule has 0 radical (unpaired) electrons. The average molecular weight is 274 g/mol. The third kappa shape index (κ3) is 2.02. The van der Waals surface area contributed by atoms with E-state index >= 15 is 0 Å². The molecule has 5 nitrogen and oxygen atoms in total. The second-order valence-electron chi connectivity index (χ2n) is 4.34. The van der Waals surface area contributed by atoms with E-state index in [2.05, 4.69) is 15.0 Å². The molecule has 0 aromatic heterocycles. The van der Waals surface area contributed by atoms with Crippen molar-refractivity contribution in [2.75, 3.05) is 5.73 Å². The third-order valence-corrected chi connectivity index (χ3v) is 3.47. The van der Waals surface area contributed by atoms with Gasteiger partial charge in [0.25, 0.3) is 0 Å². The van der Waals surface area contributed by atoms with Gasteiger partial charge in [-0.25, -0.2) is 15.0 Å². The number of nitrogens with two attached hydrogens (primary N) is 1. The summed E-state index contributed by atoms with van der Waals surface area (Å²) >= 11 is 6.24. The van der Waals surface area contributed by atoms with Crippen LogP contribution in [0.3, 0.4) is 0 Å². The van der Waals surface area contributed by atoms with Crippen LogP contribution < -0.4 is 5.73 Å². The minimum absolute atomic E-state index is 0.389. The van der Waals surface area contributed by atoms with Crippen molar-refractivity contribution in [3.05, 3.63) is 47.0 Å². The quantitative estimate of drug-likeness (QED) is 0.778. The van der Waals surface area contributed by atoms with E-state index in [9.17, 15) is 0 Å². The Labute approximate surface area is 115 Å². The monoisotopic (exact) mass is 273 g/mol. The number of aromatic nitrogens is 4. The summed E-state index contributed by atoms with van der Waals surface area (Å²) < 4.78 is 1.90. The zero-order valence-electron chi connectivity index (χ0n) is 10.3. The van der Waals surface area contributed by atoms with Crippen LogP contribution in [-0.2, 0) is 6.54 Å². The molecule has 0 amide bonds. The normalized spacial score (nSPS) is 11.1. The minimum Gasteiger partial charge on any atom is -0.382 e. The fourth-order valence-corrected chi connectivity index (χ4v) is 2.33. The Morgan fingerprint density at radius 1 is 1.26 bits per heavy atom. The number of nitrogens with zero attached hydrogens (tertiary/aromatic N) is 4. The molecule has 0 fully saturated rings. The van der Waals surface area contributed by atoms with Crippen LogP contribution in [0.25, 0.3) is 11.5 Å². The fraction of sp³-hybridized carbons (Fsp3) is 0.154. The topological polar surface area (TPSA) is 69.6 Å². The second kappa shape index (κ2) is 4.51. The molecule has 2 aliphatic rings. The lowest BCUT2D eigenvalue weighted by atomic mass is 10.1. The van der Waals surface area contributed by atoms with Gasteiger partial charge in [-0.1, -0.05) is 23.7 Å². The van der Waals surface area contributed by atoms with Crippen LogP contribution in [0.1, 0.15) is 11.1 Å². The van der Waals surface area contributed by atoms with Crippen LogP contribution in [0.2, 0.25) is 5.02 Å². The number of imidazole rings is 1. The summed E-state index contributed by atoms with van der Waals surface area (Å²) in [6.45, 7) is 2.62. The second-order valence-corrected chi connectivity index (χ2v) is 4.75. The molecule has 2 N–H and O–H groups in total. The maximum atomic E-state index is 6.24. The molecule has 0 bridgehead atoms. The first-order valence-corrected chi connectivity index (χ1v) is 6.20. The maximum Gasteiger partial charge on any atom is 0.165 e. The predicted octanol–water partition coefficient (Wildman–Crippen LogP) is 2.37. The summed E-state index contributed by atoms with van der Waals surface area (Å²) in [5, 5.41) is 0.733. The first-order valence-electron chi connectivity index (χ1n) is 5.82. The Kier molecular flexibility index (Phi) is 2.83. The van der Waals surface area contributed by atoms with E-state index in [1.807, 2.05) is 29.7 Å². The van der Waals surface area contributed by atoms with Crippen molar-refractivity contribution in [3.63, 3.8) is 0 Å². The lowest BCUT2D eigenvalue weighted by Gasteiger charge is -2.14. The Morgan fingerprint density at radius 2 is 2.11 bits per heavy atom. The summed E-state index contributed by atoms with van der Waals surface area (Å²) in [6.07, 6.45) is 3.15. The van der Waals surface area contributed by atoms with Gasteiger partial charge < -0.3 is 10.3 Å². The number of hydrogen-bond donors (Lipinski definition) is 1. The zero-order valence-corrected chi connectivity index (χ0v) is 11.1. The molecule has 96 valence electrons. The van der Waals surface area contributed by atoms with E-state index in [1.165, 1.54) is 6.33 Å². The first-order chi connectivity index (χ1) is 9.16. The van der Waals surface area contributed by atoms with Crippen molar-refractivity contribution < 1.29 is 0 Å². The van der Waals surface area contributed by atoms with Crippen molar-refractivity contribution in [1.29, 1.82) is 0 Å². The summed E-state index contributed by atoms with van der Waals surface area (Å²) in [6, 6.07) is 5.84. The number of nitrogen functional groups attached to an aromatic ring is 1. The number of aryl methyl sites for hydroxylation is 1. The van der Waals surface area contributed by atoms with Crippen LogP contribution in [0.4, 0.5) is 5.82 Å². The standard InChI is InChI=1S/C13H12ClN5/c1-8-3-2-4-10(14)9(8)5-19-7-18-12(15)11-13(19)17-6-16-11/h2-4,6-7H,5,15H2,1H3. The van der Waals surface area contributed by atoms with Gasteiger partial charge in [-0.15, -0.1) is 0 Å². The largest absolute Gasteiger partial charge is 0.382 e. The van der Waals surface area contributed by atoms with Crippen molar-refractivity contribution in [3.8, 4) is 11.5 Å². The fourth-order valence-electron chi connectivity index (χ4n) is 2.05. The smallest absolute Gasteiger partial charge is 0.165 e. The molecule has 0 saturated carbocycles. The summed E-state index contributed by atoms with van der Waals surface area (Å²) in [4.78, 5) is 12.5. The number of rotatable bonds is 2. The molecular weight excluding hydrogens is 262 g/mol. The van der Waals surface area contributed by atoms with E-state index in [0.717, 1.165) is 16.1 Å². The molecule has 0 atom stereocenters. The average Bonchev–Trinajstić information content (AvgIpc) is 2.87. The van der Waals surface area contributed by atoms with E-state index in [0.29, 0.717) is 23.9 Å². The predicted molar refractivity (Wildman–Crippen MR) is 74.1 cm³/mol. The van der Waals surface area contributed by atoms with Gasteiger partial charge in [-0.2, -0.15) is 0 Å². The third-order valence-electron chi connectivity index (χ3n) is 3.11. The molecular formula is C13H12ClN5. The molecule has 2 heterocycles. The summed E-state index contributed by atoms with van der Waals surface area (Å²) in [5.74, 6) is 1.10. The number of halogens is 1. The molecule has 1 aromatic rings. The van der Waals surface area contributed by atoms with Crippen molar-refractivity contribution >= 4 is 17.4 Å². The number of hydrogen-bond acceptors (Lipinski definition) is 4. The highest BCUT2D eigenvalue weighted by Crippen LogP contribution is 2.25. The van der Waals surface area contributed by atoms with Crippen molar-refractivity contribution in [2.45, 2.75) is 13.5 Å². The molecule has 1 aromatic carbocycles. The van der Waals surface area contributed by atoms with Crippen LogP contribution in [0.15, 0.2) is 30.9 Å². The molecule has 0 unspecified atom stereocenters. The SMILES string of the molecule is Cc1cccc(Cl)c1Cn1cnc(N)c2ncnc1-2. The highest BCUT2D eigenvalue weighted by Gasteiger charge is 2.16. The lowest BCUT2D eigenvalue weighted by molar-refractivity contribution is 0.759. The van der Waals surface area contributed by atoms with Gasteiger partial charge in [0.15, 0.2) is 11.6 Å². The maximum absolute atomic E-state index is 6.24. The molecule has 2 aliphatic heterocycles. The number of fused-ring (bicyclic) bond motifs is 1. The first kappa shape index (κ1) is 11.9. The molecule has 19 heavy (non-hydrogen) atoms. The van der Waals surface area contributed by atoms with Crippen LogP contribution >= 0.6 is 11.6 Å². The van der Waals surface area contributed by atoms with Crippen LogP contribution in [0, 0.1) is 6.92 Å². The van der Waals surface area contributed by atoms with Crippen molar-refractivity contribution in [2.24, 2.45) is 0 Å². The lowest BCUT2D eigenvalue weighted by Crippen LogP contribution is -2.10. The Morgan fingerprint density at radius 3 is 2.89 bits per heavy atom. The summed E-state index contributed by atoms with van der Waals surface area (Å²) in [7, 11) is 0. The molecule has 0 saturated heterocycles. The van der Waals surface area contributed by atoms with Gasteiger partial charge in [-0.3, -0.25) is 0 Å². The van der Waals surface area contributed by atoms with Gasteiger partial charge in [0.1, 0.15) is 12.0 Å². The highest BCUT2D eigenvalue weighted by atomic mass is 35.5. The van der Waals surface area contributed by atoms with Gasteiger partial charge in [-0.05, 0) is 24.1 Å². The van der Waals surface area contributed by atoms with Crippen molar-refractivity contribution in [1.82, 2.24) is 19.5 Å². The number of benzene rings is 1. The molecule has 6 heteroatoms. The minimum atomic E-state index is 0.389. The van der Waals surface area contributed by atoms with Crippen LogP contribution in [-0.4, -0.2) is 19.5 Å². The van der Waals surface area contributed by atoms with Gasteiger partial charge in [0, 0.05) is 5.02 Å². The van der Waals surface area contributed by atoms with Gasteiger partial charge in [0.2, 0.25) is 0 Å². The Bertz CT molecular complexity index is 686.